The second-order valence-electron chi connectivity index (χ2n) is 7.18. The molecule has 3 N–H and O–H groups in total. The van der Waals surface area contributed by atoms with E-state index in [0.717, 1.165) is 37.1 Å². The first-order valence-electron chi connectivity index (χ1n) is 9.05. The monoisotopic (exact) mass is 356 g/mol. The number of piperazine rings is 1. The molecule has 0 spiro atoms. The topological polar surface area (TPSA) is 44.5 Å². The van der Waals surface area contributed by atoms with Gasteiger partial charge in [0, 0.05) is 49.6 Å². The van der Waals surface area contributed by atoms with E-state index in [4.69, 9.17) is 5.73 Å². The third-order valence-electron chi connectivity index (χ3n) is 5.15. The molecule has 0 bridgehead atoms. The number of nitrogens with zero attached hydrogens (tertiary/aromatic N) is 2. The van der Waals surface area contributed by atoms with E-state index in [9.17, 15) is 13.2 Å². The Morgan fingerprint density at radius 1 is 0.960 bits per heavy atom. The van der Waals surface area contributed by atoms with Crippen molar-refractivity contribution in [3.8, 4) is 0 Å². The highest BCUT2D eigenvalue weighted by Gasteiger charge is 2.32. The van der Waals surface area contributed by atoms with E-state index in [2.05, 4.69) is 34.5 Å². The number of anilines is 2. The van der Waals surface area contributed by atoms with Crippen molar-refractivity contribution in [1.29, 1.82) is 0 Å². The van der Waals surface area contributed by atoms with E-state index in [-0.39, 0.29) is 0 Å². The number of benzene rings is 1. The first-order chi connectivity index (χ1) is 11.9. The van der Waals surface area contributed by atoms with Crippen molar-refractivity contribution in [1.82, 2.24) is 4.90 Å². The molecule has 1 heterocycles. The Balaban J connectivity index is 1.48. The fourth-order valence-corrected chi connectivity index (χ4v) is 3.69. The molecule has 1 aromatic rings. The fraction of sp³-hybridized carbons (Fsp3) is 0.667. The largest absolute Gasteiger partial charge is 0.401 e. The molecular formula is C18H27F3N4. The van der Waals surface area contributed by atoms with Crippen LogP contribution >= 0.6 is 0 Å². The summed E-state index contributed by atoms with van der Waals surface area (Å²) in [6, 6.07) is 9.05. The Bertz CT molecular complexity index is 530. The number of rotatable bonds is 4. The van der Waals surface area contributed by atoms with Gasteiger partial charge in [-0.25, -0.2) is 0 Å². The van der Waals surface area contributed by atoms with Gasteiger partial charge in [0.1, 0.15) is 0 Å². The van der Waals surface area contributed by atoms with E-state index in [1.807, 2.05) is 0 Å². The molecular weight excluding hydrogens is 329 g/mol. The maximum absolute atomic E-state index is 12.4. The molecule has 3 rings (SSSR count). The third-order valence-corrected chi connectivity index (χ3v) is 5.15. The van der Waals surface area contributed by atoms with E-state index in [0.29, 0.717) is 38.3 Å². The van der Waals surface area contributed by atoms with Crippen LogP contribution < -0.4 is 16.0 Å². The van der Waals surface area contributed by atoms with E-state index in [1.165, 1.54) is 4.90 Å². The van der Waals surface area contributed by atoms with Crippen LogP contribution in [0.4, 0.5) is 24.5 Å². The summed E-state index contributed by atoms with van der Waals surface area (Å²) in [6.07, 6.45) is 0.225. The zero-order valence-electron chi connectivity index (χ0n) is 14.4. The lowest BCUT2D eigenvalue weighted by atomic mass is 9.91. The van der Waals surface area contributed by atoms with Gasteiger partial charge < -0.3 is 16.0 Å². The lowest BCUT2D eigenvalue weighted by molar-refractivity contribution is -0.146. The third kappa shape index (κ3) is 5.51. The molecule has 7 heteroatoms. The molecule has 0 amide bonds. The van der Waals surface area contributed by atoms with Crippen LogP contribution in [0.2, 0.25) is 0 Å². The predicted octanol–water partition coefficient (Wildman–Crippen LogP) is 3.05. The molecule has 0 aromatic heterocycles. The van der Waals surface area contributed by atoms with E-state index in [1.54, 1.807) is 0 Å². The maximum Gasteiger partial charge on any atom is 0.401 e. The normalized spacial score (nSPS) is 25.8. The number of nitrogens with one attached hydrogen (secondary N) is 1. The standard InChI is InChI=1S/C18H27F3N4/c19-18(20,21)13-24-9-11-25(12-10-24)17-7-5-16(6-8-17)23-15-3-1-14(22)2-4-15/h5-8,14-15,23H,1-4,9-13,22H2. The number of nitrogens with two attached hydrogens (primary N) is 1. The number of alkyl halides is 3. The first kappa shape index (κ1) is 18.3. The highest BCUT2D eigenvalue weighted by Crippen LogP contribution is 2.24. The van der Waals surface area contributed by atoms with Crippen molar-refractivity contribution >= 4 is 11.4 Å². The molecule has 1 aromatic carbocycles. The highest BCUT2D eigenvalue weighted by molar-refractivity contribution is 5.55. The Kier molecular flexibility index (Phi) is 5.74. The molecule has 1 saturated carbocycles. The van der Waals surface area contributed by atoms with Crippen LogP contribution in [0.5, 0.6) is 0 Å². The lowest BCUT2D eigenvalue weighted by Crippen LogP contribution is -2.49. The van der Waals surface area contributed by atoms with E-state index < -0.39 is 12.7 Å². The van der Waals surface area contributed by atoms with Crippen LogP contribution in [0.15, 0.2) is 24.3 Å². The molecule has 2 aliphatic rings. The van der Waals surface area contributed by atoms with Gasteiger partial charge in [0.05, 0.1) is 6.54 Å². The molecule has 1 aliphatic heterocycles. The molecule has 0 radical (unpaired) electrons. The fourth-order valence-electron chi connectivity index (χ4n) is 3.69. The second kappa shape index (κ2) is 7.83. The summed E-state index contributed by atoms with van der Waals surface area (Å²) in [5, 5.41) is 3.56. The number of hydrogen-bond acceptors (Lipinski definition) is 4. The molecule has 4 nitrogen and oxygen atoms in total. The summed E-state index contributed by atoms with van der Waals surface area (Å²) in [7, 11) is 0. The number of halogens is 3. The Morgan fingerprint density at radius 2 is 1.56 bits per heavy atom. The Labute approximate surface area is 147 Å². The van der Waals surface area contributed by atoms with E-state index >= 15 is 0 Å². The lowest BCUT2D eigenvalue weighted by Gasteiger charge is -2.36. The van der Waals surface area contributed by atoms with Crippen LogP contribution in [0.25, 0.3) is 0 Å². The summed E-state index contributed by atoms with van der Waals surface area (Å²) in [4.78, 5) is 3.62. The van der Waals surface area contributed by atoms with Gasteiger partial charge in [-0.05, 0) is 49.9 Å². The minimum Gasteiger partial charge on any atom is -0.382 e. The Hall–Kier alpha value is -1.47. The van der Waals surface area contributed by atoms with Crippen molar-refractivity contribution in [2.24, 2.45) is 5.73 Å². The van der Waals surface area contributed by atoms with Crippen molar-refractivity contribution in [2.45, 2.75) is 43.9 Å². The molecule has 1 saturated heterocycles. The SMILES string of the molecule is NC1CCC(Nc2ccc(N3CCN(CC(F)(F)F)CC3)cc2)CC1. The molecule has 2 fully saturated rings. The van der Waals surface area contributed by atoms with Crippen molar-refractivity contribution in [2.75, 3.05) is 42.9 Å². The quantitative estimate of drug-likeness (QED) is 0.870. The van der Waals surface area contributed by atoms with Gasteiger partial charge in [-0.15, -0.1) is 0 Å². The minimum atomic E-state index is -4.11. The number of hydrogen-bond donors (Lipinski definition) is 2. The van der Waals surface area contributed by atoms with Gasteiger partial charge in [-0.3, -0.25) is 4.90 Å². The van der Waals surface area contributed by atoms with Gasteiger partial charge in [-0.2, -0.15) is 13.2 Å². The minimum absolute atomic E-state index is 0.344. The average molecular weight is 356 g/mol. The van der Waals surface area contributed by atoms with Crippen LogP contribution in [-0.2, 0) is 0 Å². The average Bonchev–Trinajstić information content (AvgIpc) is 2.57. The van der Waals surface area contributed by atoms with Crippen molar-refractivity contribution in [3.63, 3.8) is 0 Å². The first-order valence-corrected chi connectivity index (χ1v) is 9.05. The van der Waals surface area contributed by atoms with Crippen LogP contribution in [0.3, 0.4) is 0 Å². The Morgan fingerprint density at radius 3 is 2.12 bits per heavy atom. The van der Waals surface area contributed by atoms with Crippen LogP contribution in [0.1, 0.15) is 25.7 Å². The van der Waals surface area contributed by atoms with Crippen molar-refractivity contribution in [3.05, 3.63) is 24.3 Å². The second-order valence-corrected chi connectivity index (χ2v) is 7.18. The van der Waals surface area contributed by atoms with Crippen molar-refractivity contribution < 1.29 is 13.2 Å². The molecule has 140 valence electrons. The molecule has 0 unspecified atom stereocenters. The zero-order chi connectivity index (χ0) is 17.9. The van der Waals surface area contributed by atoms with Crippen LogP contribution in [-0.4, -0.2) is 55.9 Å². The summed E-state index contributed by atoms with van der Waals surface area (Å²) >= 11 is 0. The zero-order valence-corrected chi connectivity index (χ0v) is 14.4. The van der Waals surface area contributed by atoms with Gasteiger partial charge in [0.2, 0.25) is 0 Å². The smallest absolute Gasteiger partial charge is 0.382 e. The van der Waals surface area contributed by atoms with Crippen LogP contribution in [0, 0.1) is 0 Å². The maximum atomic E-state index is 12.4. The van der Waals surface area contributed by atoms with Gasteiger partial charge in [0.25, 0.3) is 0 Å². The summed E-state index contributed by atoms with van der Waals surface area (Å²) < 4.78 is 37.3. The molecule has 1 aliphatic carbocycles. The summed E-state index contributed by atoms with van der Waals surface area (Å²) in [5.41, 5.74) is 8.11. The predicted molar refractivity (Wildman–Crippen MR) is 95.0 cm³/mol. The molecule has 25 heavy (non-hydrogen) atoms. The van der Waals surface area contributed by atoms with Gasteiger partial charge >= 0.3 is 6.18 Å². The van der Waals surface area contributed by atoms with Gasteiger partial charge in [0.15, 0.2) is 0 Å². The highest BCUT2D eigenvalue weighted by atomic mass is 19.4. The summed E-state index contributed by atoms with van der Waals surface area (Å²) in [6.45, 7) is 1.34. The molecule has 0 atom stereocenters. The van der Waals surface area contributed by atoms with Gasteiger partial charge in [-0.1, -0.05) is 0 Å². The summed E-state index contributed by atoms with van der Waals surface area (Å²) in [5.74, 6) is 0.